The Balaban J connectivity index is 2.05. The average Bonchev–Trinajstić information content (AvgIpc) is 2.87. The Bertz CT molecular complexity index is 535. The molecule has 1 heterocycles. The highest BCUT2D eigenvalue weighted by atomic mass is 35.5. The molecule has 2 N–H and O–H groups in total. The maximum atomic E-state index is 12.2. The van der Waals surface area contributed by atoms with Crippen molar-refractivity contribution in [2.24, 2.45) is 5.41 Å². The van der Waals surface area contributed by atoms with Crippen LogP contribution in [-0.2, 0) is 4.79 Å². The number of likely N-dealkylation sites (tertiary alicyclic amines) is 1. The van der Waals surface area contributed by atoms with Gasteiger partial charge in [-0.1, -0.05) is 30.7 Å². The summed E-state index contributed by atoms with van der Waals surface area (Å²) in [4.78, 5) is 25.0. The molecule has 0 aliphatic carbocycles. The number of carboxylic acid groups (broad SMARTS) is 1. The van der Waals surface area contributed by atoms with Crippen molar-refractivity contribution in [2.45, 2.75) is 19.8 Å². The highest BCUT2D eigenvalue weighted by Crippen LogP contribution is 2.34. The first kappa shape index (κ1) is 14.7. The van der Waals surface area contributed by atoms with E-state index in [9.17, 15) is 14.7 Å². The number of nitrogens with one attached hydrogen (secondary N) is 1. The minimum atomic E-state index is -0.840. The molecule has 0 aromatic heterocycles. The zero-order valence-electron chi connectivity index (χ0n) is 11.2. The number of urea groups is 1. The second-order valence-corrected chi connectivity index (χ2v) is 5.43. The molecule has 2 rings (SSSR count). The molecule has 0 saturated carbocycles. The van der Waals surface area contributed by atoms with Gasteiger partial charge in [-0.25, -0.2) is 4.79 Å². The van der Waals surface area contributed by atoms with Gasteiger partial charge in [-0.15, -0.1) is 0 Å². The number of halogens is 1. The van der Waals surface area contributed by atoms with Crippen molar-refractivity contribution in [2.75, 3.05) is 18.4 Å². The number of rotatable bonds is 3. The number of benzene rings is 1. The number of hydrogen-bond acceptors (Lipinski definition) is 2. The Kier molecular flexibility index (Phi) is 4.18. The third-order valence-corrected chi connectivity index (χ3v) is 4.22. The molecular formula is C14H17ClN2O3. The summed E-state index contributed by atoms with van der Waals surface area (Å²) in [5, 5.41) is 12.5. The molecule has 1 aliphatic rings. The van der Waals surface area contributed by atoms with Crippen LogP contribution in [0.1, 0.15) is 19.8 Å². The number of carbonyl (C=O) groups excluding carboxylic acids is 1. The summed E-state index contributed by atoms with van der Waals surface area (Å²) in [7, 11) is 0. The van der Waals surface area contributed by atoms with Gasteiger partial charge in [0.05, 0.1) is 16.1 Å². The number of aliphatic carboxylic acids is 1. The molecule has 1 unspecified atom stereocenters. The van der Waals surface area contributed by atoms with Crippen LogP contribution >= 0.6 is 11.6 Å². The summed E-state index contributed by atoms with van der Waals surface area (Å²) in [6, 6.07) is 6.64. The summed E-state index contributed by atoms with van der Waals surface area (Å²) in [6.45, 7) is 2.51. The van der Waals surface area contributed by atoms with Crippen molar-refractivity contribution >= 4 is 29.3 Å². The van der Waals surface area contributed by atoms with Gasteiger partial charge in [0.1, 0.15) is 0 Å². The third-order valence-electron chi connectivity index (χ3n) is 3.89. The highest BCUT2D eigenvalue weighted by molar-refractivity contribution is 6.33. The van der Waals surface area contributed by atoms with Crippen LogP contribution in [0.4, 0.5) is 10.5 Å². The molecular weight excluding hydrogens is 280 g/mol. The minimum absolute atomic E-state index is 0.231. The first-order valence-electron chi connectivity index (χ1n) is 6.52. The van der Waals surface area contributed by atoms with E-state index in [0.717, 1.165) is 0 Å². The fourth-order valence-corrected chi connectivity index (χ4v) is 2.60. The zero-order chi connectivity index (χ0) is 14.8. The molecule has 1 atom stereocenters. The molecule has 20 heavy (non-hydrogen) atoms. The smallest absolute Gasteiger partial charge is 0.321 e. The first-order valence-corrected chi connectivity index (χ1v) is 6.90. The molecule has 1 fully saturated rings. The average molecular weight is 297 g/mol. The van der Waals surface area contributed by atoms with Crippen LogP contribution in [0, 0.1) is 5.41 Å². The number of anilines is 1. The molecule has 5 nitrogen and oxygen atoms in total. The van der Waals surface area contributed by atoms with Crippen LogP contribution in [0.2, 0.25) is 5.02 Å². The van der Waals surface area contributed by atoms with E-state index in [1.807, 2.05) is 6.92 Å². The minimum Gasteiger partial charge on any atom is -0.481 e. The predicted molar refractivity (Wildman–Crippen MR) is 77.0 cm³/mol. The monoisotopic (exact) mass is 296 g/mol. The van der Waals surface area contributed by atoms with Gasteiger partial charge in [-0.3, -0.25) is 4.79 Å². The van der Waals surface area contributed by atoms with Crippen molar-refractivity contribution in [1.29, 1.82) is 0 Å². The van der Waals surface area contributed by atoms with E-state index in [0.29, 0.717) is 30.1 Å². The lowest BCUT2D eigenvalue weighted by molar-refractivity contribution is -0.148. The molecule has 0 bridgehead atoms. The zero-order valence-corrected chi connectivity index (χ0v) is 12.0. The molecule has 108 valence electrons. The van der Waals surface area contributed by atoms with Crippen molar-refractivity contribution in [3.63, 3.8) is 0 Å². The lowest BCUT2D eigenvalue weighted by Gasteiger charge is -2.23. The molecule has 1 aromatic carbocycles. The lowest BCUT2D eigenvalue weighted by Crippen LogP contribution is -2.38. The summed E-state index contributed by atoms with van der Waals surface area (Å²) in [6.07, 6.45) is 0.993. The van der Waals surface area contributed by atoms with Gasteiger partial charge in [0, 0.05) is 13.1 Å². The predicted octanol–water partition coefficient (Wildman–Crippen LogP) is 3.06. The van der Waals surface area contributed by atoms with Crippen molar-refractivity contribution in [1.82, 2.24) is 4.90 Å². The van der Waals surface area contributed by atoms with Crippen LogP contribution in [-0.4, -0.2) is 35.1 Å². The Labute approximate surface area is 122 Å². The van der Waals surface area contributed by atoms with E-state index in [-0.39, 0.29) is 12.6 Å². The Morgan fingerprint density at radius 3 is 2.70 bits per heavy atom. The number of hydrogen-bond donors (Lipinski definition) is 2. The summed E-state index contributed by atoms with van der Waals surface area (Å²) < 4.78 is 0. The van der Waals surface area contributed by atoms with Gasteiger partial charge in [-0.05, 0) is 25.0 Å². The van der Waals surface area contributed by atoms with Crippen molar-refractivity contribution in [3.05, 3.63) is 29.3 Å². The topological polar surface area (TPSA) is 69.6 Å². The normalized spacial score (nSPS) is 21.8. The lowest BCUT2D eigenvalue weighted by atomic mass is 9.84. The van der Waals surface area contributed by atoms with Crippen molar-refractivity contribution < 1.29 is 14.7 Å². The third kappa shape index (κ3) is 2.72. The van der Waals surface area contributed by atoms with E-state index in [2.05, 4.69) is 5.32 Å². The van der Waals surface area contributed by atoms with E-state index in [1.54, 1.807) is 24.3 Å². The highest BCUT2D eigenvalue weighted by Gasteiger charge is 2.44. The largest absolute Gasteiger partial charge is 0.481 e. The molecule has 1 saturated heterocycles. The molecule has 1 aromatic rings. The fourth-order valence-electron chi connectivity index (χ4n) is 2.42. The number of para-hydroxylation sites is 1. The molecule has 1 aliphatic heterocycles. The Hall–Kier alpha value is -1.75. The van der Waals surface area contributed by atoms with E-state index >= 15 is 0 Å². The molecule has 0 spiro atoms. The SMILES string of the molecule is CCC1(C(=O)O)CCN(C(=O)Nc2ccccc2Cl)C1. The number of carboxylic acids is 1. The molecule has 6 heteroatoms. The summed E-state index contributed by atoms with van der Waals surface area (Å²) in [5.74, 6) is -0.840. The van der Waals surface area contributed by atoms with E-state index < -0.39 is 11.4 Å². The Morgan fingerprint density at radius 2 is 2.15 bits per heavy atom. The number of amides is 2. The van der Waals surface area contributed by atoms with Crippen LogP contribution in [0.15, 0.2) is 24.3 Å². The van der Waals surface area contributed by atoms with Crippen molar-refractivity contribution in [3.8, 4) is 0 Å². The second kappa shape index (κ2) is 5.71. The number of nitrogens with zero attached hydrogens (tertiary/aromatic N) is 1. The fraction of sp³-hybridized carbons (Fsp3) is 0.429. The standard InChI is InChI=1S/C14H17ClN2O3/c1-2-14(12(18)19)7-8-17(9-14)13(20)16-11-6-4-3-5-10(11)15/h3-6H,2,7-9H2,1H3,(H,16,20)(H,18,19). The van der Waals surface area contributed by atoms with Gasteiger partial charge < -0.3 is 15.3 Å². The van der Waals surface area contributed by atoms with Gasteiger partial charge in [0.25, 0.3) is 0 Å². The quantitative estimate of drug-likeness (QED) is 0.900. The van der Waals surface area contributed by atoms with Crippen LogP contribution < -0.4 is 5.32 Å². The van der Waals surface area contributed by atoms with Crippen LogP contribution in [0.3, 0.4) is 0 Å². The summed E-state index contributed by atoms with van der Waals surface area (Å²) in [5.41, 5.74) is -0.291. The second-order valence-electron chi connectivity index (χ2n) is 5.02. The Morgan fingerprint density at radius 1 is 1.45 bits per heavy atom. The van der Waals surface area contributed by atoms with E-state index in [1.165, 1.54) is 4.90 Å². The first-order chi connectivity index (χ1) is 9.48. The van der Waals surface area contributed by atoms with Gasteiger partial charge in [0.15, 0.2) is 0 Å². The molecule has 2 amide bonds. The van der Waals surface area contributed by atoms with Gasteiger partial charge >= 0.3 is 12.0 Å². The number of carbonyl (C=O) groups is 2. The maximum Gasteiger partial charge on any atom is 0.321 e. The maximum absolute atomic E-state index is 12.2. The van der Waals surface area contributed by atoms with Gasteiger partial charge in [0.2, 0.25) is 0 Å². The van der Waals surface area contributed by atoms with Gasteiger partial charge in [-0.2, -0.15) is 0 Å². The van der Waals surface area contributed by atoms with Crippen LogP contribution in [0.25, 0.3) is 0 Å². The summed E-state index contributed by atoms with van der Waals surface area (Å²) >= 11 is 5.98. The van der Waals surface area contributed by atoms with Crippen LogP contribution in [0.5, 0.6) is 0 Å². The molecule has 0 radical (unpaired) electrons. The van der Waals surface area contributed by atoms with E-state index in [4.69, 9.17) is 11.6 Å².